The van der Waals surface area contributed by atoms with E-state index < -0.39 is 0 Å². The Kier molecular flexibility index (Phi) is 9.68. The summed E-state index contributed by atoms with van der Waals surface area (Å²) in [6.45, 7) is 13.0. The molecular formula is C23H39IN6O. The number of para-hydroxylation sites is 1. The Morgan fingerprint density at radius 2 is 1.84 bits per heavy atom. The number of nitrogens with one attached hydrogen (secondary N) is 2. The first-order chi connectivity index (χ1) is 14.8. The maximum atomic E-state index is 5.68. The number of likely N-dealkylation sites (tertiary alicyclic amines) is 1. The third-order valence-electron chi connectivity index (χ3n) is 6.74. The van der Waals surface area contributed by atoms with Crippen molar-refractivity contribution >= 4 is 29.9 Å². The van der Waals surface area contributed by atoms with Gasteiger partial charge in [0.2, 0.25) is 0 Å². The van der Waals surface area contributed by atoms with Crippen LogP contribution in [0.5, 0.6) is 5.75 Å². The molecule has 0 spiro atoms. The van der Waals surface area contributed by atoms with Crippen LogP contribution in [0.3, 0.4) is 0 Å². The van der Waals surface area contributed by atoms with Crippen LogP contribution in [0.1, 0.15) is 31.4 Å². The molecule has 0 aliphatic carbocycles. The molecule has 4 aliphatic rings. The molecule has 4 heterocycles. The predicted octanol–water partition coefficient (Wildman–Crippen LogP) is 2.01. The van der Waals surface area contributed by atoms with Gasteiger partial charge in [0, 0.05) is 57.4 Å². The van der Waals surface area contributed by atoms with Gasteiger partial charge in [-0.3, -0.25) is 19.7 Å². The summed E-state index contributed by atoms with van der Waals surface area (Å²) in [5.74, 6) is 1.89. The molecule has 5 rings (SSSR count). The number of hydrogen-bond donors (Lipinski definition) is 2. The standard InChI is InChI=1S/C23H38N6O.HI/c1-3-24-23(25-16-19-18-27-12-14-28(19)15-13-27)26-17-21(29-10-6-7-11-29)20-8-4-5-9-22(20)30-2;/h4-5,8-9,19,21H,3,6-7,10-18H2,1-2H3,(H2,24,25,26);1H. The Balaban J connectivity index is 0.00000272. The van der Waals surface area contributed by atoms with Crippen molar-refractivity contribution in [2.45, 2.75) is 31.8 Å². The highest BCUT2D eigenvalue weighted by atomic mass is 127. The van der Waals surface area contributed by atoms with E-state index in [1.807, 2.05) is 6.07 Å². The van der Waals surface area contributed by atoms with Crippen molar-refractivity contribution in [1.82, 2.24) is 25.3 Å². The average Bonchev–Trinajstić information content (AvgIpc) is 3.33. The Labute approximate surface area is 204 Å². The average molecular weight is 543 g/mol. The Hall–Kier alpha value is -1.10. The van der Waals surface area contributed by atoms with Crippen LogP contribution in [0, 0.1) is 0 Å². The number of hydrogen-bond acceptors (Lipinski definition) is 5. The van der Waals surface area contributed by atoms with Gasteiger partial charge in [-0.15, -0.1) is 24.0 Å². The van der Waals surface area contributed by atoms with E-state index in [1.165, 1.54) is 51.1 Å². The second-order valence-electron chi connectivity index (χ2n) is 8.59. The molecule has 31 heavy (non-hydrogen) atoms. The van der Waals surface area contributed by atoms with Crippen molar-refractivity contribution in [2.24, 2.45) is 4.99 Å². The van der Waals surface area contributed by atoms with Gasteiger partial charge in [0.25, 0.3) is 0 Å². The molecule has 1 aromatic rings. The number of piperazine rings is 3. The summed E-state index contributed by atoms with van der Waals surface area (Å²) < 4.78 is 5.68. The number of nitrogens with zero attached hydrogens (tertiary/aromatic N) is 4. The Bertz CT molecular complexity index is 703. The third kappa shape index (κ3) is 6.24. The minimum atomic E-state index is 0. The zero-order chi connectivity index (χ0) is 20.8. The summed E-state index contributed by atoms with van der Waals surface area (Å²) in [6.07, 6.45) is 2.53. The number of guanidine groups is 1. The molecular weight excluding hydrogens is 503 g/mol. The largest absolute Gasteiger partial charge is 0.496 e. The summed E-state index contributed by atoms with van der Waals surface area (Å²) in [6, 6.07) is 9.24. The molecule has 0 radical (unpaired) electrons. The first-order valence-electron chi connectivity index (χ1n) is 11.6. The highest BCUT2D eigenvalue weighted by Gasteiger charge is 2.31. The summed E-state index contributed by atoms with van der Waals surface area (Å²) in [7, 11) is 1.76. The molecule has 2 unspecified atom stereocenters. The minimum absolute atomic E-state index is 0. The van der Waals surface area contributed by atoms with E-state index in [0.717, 1.165) is 44.4 Å². The lowest BCUT2D eigenvalue weighted by Gasteiger charge is -2.47. The maximum absolute atomic E-state index is 5.68. The van der Waals surface area contributed by atoms with E-state index in [9.17, 15) is 0 Å². The fraction of sp³-hybridized carbons (Fsp3) is 0.696. The van der Waals surface area contributed by atoms with Gasteiger partial charge in [-0.25, -0.2) is 0 Å². The smallest absolute Gasteiger partial charge is 0.191 e. The zero-order valence-electron chi connectivity index (χ0n) is 19.1. The normalized spacial score (nSPS) is 26.9. The van der Waals surface area contributed by atoms with Crippen LogP contribution < -0.4 is 15.4 Å². The highest BCUT2D eigenvalue weighted by molar-refractivity contribution is 14.0. The fourth-order valence-corrected chi connectivity index (χ4v) is 5.06. The van der Waals surface area contributed by atoms with Gasteiger partial charge in [0.15, 0.2) is 5.96 Å². The maximum Gasteiger partial charge on any atom is 0.191 e. The molecule has 2 bridgehead atoms. The van der Waals surface area contributed by atoms with Crippen molar-refractivity contribution in [3.05, 3.63) is 29.8 Å². The van der Waals surface area contributed by atoms with E-state index in [2.05, 4.69) is 50.5 Å². The second-order valence-corrected chi connectivity index (χ2v) is 8.59. The van der Waals surface area contributed by atoms with E-state index in [1.54, 1.807) is 7.11 Å². The van der Waals surface area contributed by atoms with Crippen molar-refractivity contribution in [3.63, 3.8) is 0 Å². The van der Waals surface area contributed by atoms with E-state index in [-0.39, 0.29) is 30.0 Å². The molecule has 2 N–H and O–H groups in total. The molecule has 0 saturated carbocycles. The molecule has 4 aliphatic heterocycles. The predicted molar refractivity (Wildman–Crippen MR) is 138 cm³/mol. The van der Waals surface area contributed by atoms with Crippen LogP contribution in [0.4, 0.5) is 0 Å². The molecule has 174 valence electrons. The Morgan fingerprint density at radius 3 is 2.48 bits per heavy atom. The van der Waals surface area contributed by atoms with Crippen LogP contribution in [0.2, 0.25) is 0 Å². The summed E-state index contributed by atoms with van der Waals surface area (Å²) in [5.41, 5.74) is 1.24. The number of benzene rings is 1. The van der Waals surface area contributed by atoms with E-state index >= 15 is 0 Å². The number of aliphatic imine (C=N–C) groups is 1. The molecule has 0 amide bonds. The van der Waals surface area contributed by atoms with E-state index in [0.29, 0.717) is 6.04 Å². The van der Waals surface area contributed by atoms with Crippen LogP contribution in [-0.2, 0) is 0 Å². The van der Waals surface area contributed by atoms with Gasteiger partial charge < -0.3 is 15.4 Å². The summed E-state index contributed by atoms with van der Waals surface area (Å²) in [4.78, 5) is 12.8. The highest BCUT2D eigenvalue weighted by Crippen LogP contribution is 2.31. The number of ether oxygens (including phenoxy) is 1. The minimum Gasteiger partial charge on any atom is -0.496 e. The lowest BCUT2D eigenvalue weighted by atomic mass is 10.0. The first kappa shape index (κ1) is 24.5. The summed E-state index contributed by atoms with van der Waals surface area (Å²) in [5, 5.41) is 7.07. The number of fused-ring (bicyclic) bond motifs is 3. The quantitative estimate of drug-likeness (QED) is 0.298. The van der Waals surface area contributed by atoms with Gasteiger partial charge in [0.05, 0.1) is 19.7 Å². The molecule has 2 atom stereocenters. The lowest BCUT2D eigenvalue weighted by Crippen LogP contribution is -2.63. The van der Waals surface area contributed by atoms with Crippen LogP contribution in [0.25, 0.3) is 0 Å². The molecule has 4 fully saturated rings. The zero-order valence-corrected chi connectivity index (χ0v) is 21.4. The van der Waals surface area contributed by atoms with Gasteiger partial charge in [-0.05, 0) is 38.9 Å². The molecule has 7 nitrogen and oxygen atoms in total. The van der Waals surface area contributed by atoms with Crippen LogP contribution in [0.15, 0.2) is 29.3 Å². The van der Waals surface area contributed by atoms with Crippen molar-refractivity contribution in [3.8, 4) is 5.75 Å². The van der Waals surface area contributed by atoms with Gasteiger partial charge in [-0.2, -0.15) is 0 Å². The Morgan fingerprint density at radius 1 is 1.10 bits per heavy atom. The monoisotopic (exact) mass is 542 g/mol. The van der Waals surface area contributed by atoms with Crippen LogP contribution >= 0.6 is 24.0 Å². The van der Waals surface area contributed by atoms with Crippen molar-refractivity contribution < 1.29 is 4.74 Å². The SMILES string of the molecule is CCNC(=NCC(c1ccccc1OC)N1CCCC1)NCC1CN2CCN1CC2.I. The van der Waals surface area contributed by atoms with Crippen LogP contribution in [-0.4, -0.2) is 99.3 Å². The van der Waals surface area contributed by atoms with Crippen molar-refractivity contribution in [1.29, 1.82) is 0 Å². The van der Waals surface area contributed by atoms with Crippen molar-refractivity contribution in [2.75, 3.05) is 72.6 Å². The van der Waals surface area contributed by atoms with Gasteiger partial charge in [0.1, 0.15) is 5.75 Å². The van der Waals surface area contributed by atoms with Gasteiger partial charge >= 0.3 is 0 Å². The molecule has 4 saturated heterocycles. The number of rotatable bonds is 8. The molecule has 1 aromatic carbocycles. The number of halogens is 1. The topological polar surface area (TPSA) is 55.4 Å². The third-order valence-corrected chi connectivity index (χ3v) is 6.74. The first-order valence-corrected chi connectivity index (χ1v) is 11.6. The number of methoxy groups -OCH3 is 1. The fourth-order valence-electron chi connectivity index (χ4n) is 5.06. The van der Waals surface area contributed by atoms with E-state index in [4.69, 9.17) is 9.73 Å². The summed E-state index contributed by atoms with van der Waals surface area (Å²) >= 11 is 0. The van der Waals surface area contributed by atoms with Gasteiger partial charge in [-0.1, -0.05) is 18.2 Å². The molecule has 0 aromatic heterocycles. The lowest BCUT2D eigenvalue weighted by molar-refractivity contribution is 0.0154. The molecule has 8 heteroatoms. The second kappa shape index (κ2) is 12.2.